The third-order valence-electron chi connectivity index (χ3n) is 2.25. The number of carbonyl (C=O) groups is 1. The van der Waals surface area contributed by atoms with Gasteiger partial charge in [0.1, 0.15) is 0 Å². The van der Waals surface area contributed by atoms with Crippen LogP contribution in [0.1, 0.15) is 19.8 Å². The van der Waals surface area contributed by atoms with Gasteiger partial charge < -0.3 is 10.2 Å². The highest BCUT2D eigenvalue weighted by Gasteiger charge is 2.36. The molecule has 1 saturated heterocycles. The quantitative estimate of drug-likeness (QED) is 0.589. The van der Waals surface area contributed by atoms with Crippen molar-refractivity contribution in [1.29, 1.82) is 0 Å². The van der Waals surface area contributed by atoms with E-state index in [1.807, 2.05) is 6.92 Å². The van der Waals surface area contributed by atoms with Crippen molar-refractivity contribution in [3.63, 3.8) is 0 Å². The predicted molar refractivity (Wildman–Crippen MR) is 44.3 cm³/mol. The molecule has 1 rings (SSSR count). The molecule has 1 fully saturated rings. The number of amides is 1. The van der Waals surface area contributed by atoms with Crippen molar-refractivity contribution < 1.29 is 4.79 Å². The summed E-state index contributed by atoms with van der Waals surface area (Å²) >= 11 is 0. The number of rotatable bonds is 1. The minimum Gasteiger partial charge on any atom is -0.347 e. The van der Waals surface area contributed by atoms with Gasteiger partial charge in [0.2, 0.25) is 5.91 Å². The molecule has 1 aliphatic rings. The lowest BCUT2D eigenvalue weighted by molar-refractivity contribution is -0.134. The highest BCUT2D eigenvalue weighted by Crippen LogP contribution is 2.19. The third kappa shape index (κ3) is 1.53. The van der Waals surface area contributed by atoms with Gasteiger partial charge in [0, 0.05) is 14.1 Å². The van der Waals surface area contributed by atoms with E-state index in [1.165, 1.54) is 0 Å². The minimum absolute atomic E-state index is 0.190. The number of hydrogen-bond donors (Lipinski definition) is 1. The van der Waals surface area contributed by atoms with Gasteiger partial charge in [-0.3, -0.25) is 4.79 Å². The van der Waals surface area contributed by atoms with E-state index < -0.39 is 0 Å². The molecule has 64 valence electrons. The SMILES string of the molecule is CN(C)C(=O)C1(C)CCCN1. The van der Waals surface area contributed by atoms with E-state index in [1.54, 1.807) is 19.0 Å². The van der Waals surface area contributed by atoms with Crippen LogP contribution in [0.5, 0.6) is 0 Å². The van der Waals surface area contributed by atoms with Gasteiger partial charge in [-0.05, 0) is 26.3 Å². The molecule has 1 heterocycles. The van der Waals surface area contributed by atoms with E-state index in [0.29, 0.717) is 0 Å². The largest absolute Gasteiger partial charge is 0.347 e. The van der Waals surface area contributed by atoms with Crippen LogP contribution in [0.25, 0.3) is 0 Å². The third-order valence-corrected chi connectivity index (χ3v) is 2.25. The number of nitrogens with one attached hydrogen (secondary N) is 1. The predicted octanol–water partition coefficient (Wildman–Crippen LogP) is 0.217. The van der Waals surface area contributed by atoms with E-state index in [-0.39, 0.29) is 11.4 Å². The van der Waals surface area contributed by atoms with Crippen LogP contribution < -0.4 is 5.32 Å². The maximum atomic E-state index is 11.5. The molecule has 3 heteroatoms. The van der Waals surface area contributed by atoms with Crippen LogP contribution in [0.2, 0.25) is 0 Å². The maximum Gasteiger partial charge on any atom is 0.242 e. The van der Waals surface area contributed by atoms with Crippen molar-refractivity contribution in [3.05, 3.63) is 0 Å². The van der Waals surface area contributed by atoms with Crippen LogP contribution in [-0.4, -0.2) is 37.0 Å². The first-order chi connectivity index (χ1) is 5.06. The summed E-state index contributed by atoms with van der Waals surface area (Å²) in [7, 11) is 3.60. The Hall–Kier alpha value is -0.570. The molecule has 0 aromatic heterocycles. The topological polar surface area (TPSA) is 32.3 Å². The molecule has 11 heavy (non-hydrogen) atoms. The average Bonchev–Trinajstić information content (AvgIpc) is 2.35. The van der Waals surface area contributed by atoms with Crippen LogP contribution in [0.15, 0.2) is 0 Å². The molecule has 0 aliphatic carbocycles. The summed E-state index contributed by atoms with van der Waals surface area (Å²) in [4.78, 5) is 13.2. The summed E-state index contributed by atoms with van der Waals surface area (Å²) in [5.74, 6) is 0.190. The molecule has 0 radical (unpaired) electrons. The van der Waals surface area contributed by atoms with Crippen molar-refractivity contribution in [3.8, 4) is 0 Å². The number of hydrogen-bond acceptors (Lipinski definition) is 2. The van der Waals surface area contributed by atoms with Crippen LogP contribution in [-0.2, 0) is 4.79 Å². The lowest BCUT2D eigenvalue weighted by Crippen LogP contribution is -2.50. The molecule has 0 spiro atoms. The summed E-state index contributed by atoms with van der Waals surface area (Å²) < 4.78 is 0. The second kappa shape index (κ2) is 2.81. The molecule has 0 bridgehead atoms. The number of carbonyl (C=O) groups excluding carboxylic acids is 1. The van der Waals surface area contributed by atoms with Crippen LogP contribution in [0.3, 0.4) is 0 Å². The van der Waals surface area contributed by atoms with Gasteiger partial charge in [0.15, 0.2) is 0 Å². The fraction of sp³-hybridized carbons (Fsp3) is 0.875. The summed E-state index contributed by atoms with van der Waals surface area (Å²) in [6.45, 7) is 2.94. The Kier molecular flexibility index (Phi) is 2.18. The number of likely N-dealkylation sites (N-methyl/N-ethyl adjacent to an activating group) is 1. The zero-order valence-electron chi connectivity index (χ0n) is 7.48. The normalized spacial score (nSPS) is 30.5. The molecule has 1 aliphatic heterocycles. The summed E-state index contributed by atoms with van der Waals surface area (Å²) in [5.41, 5.74) is -0.288. The Labute approximate surface area is 67.8 Å². The van der Waals surface area contributed by atoms with Gasteiger partial charge in [-0.25, -0.2) is 0 Å². The molecule has 1 unspecified atom stereocenters. The van der Waals surface area contributed by atoms with E-state index in [2.05, 4.69) is 5.32 Å². The first kappa shape index (κ1) is 8.53. The fourth-order valence-corrected chi connectivity index (χ4v) is 1.57. The highest BCUT2D eigenvalue weighted by atomic mass is 16.2. The van der Waals surface area contributed by atoms with Crippen molar-refractivity contribution >= 4 is 5.91 Å². The van der Waals surface area contributed by atoms with Crippen molar-refractivity contribution in [2.45, 2.75) is 25.3 Å². The molecule has 1 amide bonds. The van der Waals surface area contributed by atoms with E-state index in [0.717, 1.165) is 19.4 Å². The van der Waals surface area contributed by atoms with Crippen molar-refractivity contribution in [2.24, 2.45) is 0 Å². The van der Waals surface area contributed by atoms with Crippen LogP contribution in [0, 0.1) is 0 Å². The molecular weight excluding hydrogens is 140 g/mol. The van der Waals surface area contributed by atoms with E-state index in [9.17, 15) is 4.79 Å². The zero-order chi connectivity index (χ0) is 8.48. The molecule has 0 aromatic rings. The van der Waals surface area contributed by atoms with Gasteiger partial charge in [-0.2, -0.15) is 0 Å². The van der Waals surface area contributed by atoms with Crippen LogP contribution >= 0.6 is 0 Å². The van der Waals surface area contributed by atoms with Gasteiger partial charge in [-0.1, -0.05) is 0 Å². The Morgan fingerprint density at radius 3 is 2.55 bits per heavy atom. The number of nitrogens with zero attached hydrogens (tertiary/aromatic N) is 1. The fourth-order valence-electron chi connectivity index (χ4n) is 1.57. The summed E-state index contributed by atoms with van der Waals surface area (Å²) in [5, 5.41) is 3.22. The molecular formula is C8H16N2O. The Balaban J connectivity index is 2.64. The molecule has 0 aromatic carbocycles. The standard InChI is InChI=1S/C8H16N2O/c1-8(5-4-6-9-8)7(11)10(2)3/h9H,4-6H2,1-3H3. The Morgan fingerprint density at radius 2 is 2.18 bits per heavy atom. The van der Waals surface area contributed by atoms with Gasteiger partial charge in [0.05, 0.1) is 5.54 Å². The van der Waals surface area contributed by atoms with Gasteiger partial charge >= 0.3 is 0 Å². The van der Waals surface area contributed by atoms with Crippen molar-refractivity contribution in [1.82, 2.24) is 10.2 Å². The summed E-state index contributed by atoms with van der Waals surface area (Å²) in [6.07, 6.45) is 2.07. The summed E-state index contributed by atoms with van der Waals surface area (Å²) in [6, 6.07) is 0. The van der Waals surface area contributed by atoms with Gasteiger partial charge in [-0.15, -0.1) is 0 Å². The van der Waals surface area contributed by atoms with E-state index in [4.69, 9.17) is 0 Å². The smallest absolute Gasteiger partial charge is 0.242 e. The monoisotopic (exact) mass is 156 g/mol. The molecule has 1 atom stereocenters. The second-order valence-corrected chi connectivity index (χ2v) is 3.56. The Bertz CT molecular complexity index is 159. The first-order valence-corrected chi connectivity index (χ1v) is 4.03. The maximum absolute atomic E-state index is 11.5. The molecule has 3 nitrogen and oxygen atoms in total. The van der Waals surface area contributed by atoms with E-state index >= 15 is 0 Å². The van der Waals surface area contributed by atoms with Crippen molar-refractivity contribution in [2.75, 3.05) is 20.6 Å². The van der Waals surface area contributed by atoms with Crippen LogP contribution in [0.4, 0.5) is 0 Å². The minimum atomic E-state index is -0.288. The van der Waals surface area contributed by atoms with Gasteiger partial charge in [0.25, 0.3) is 0 Å². The average molecular weight is 156 g/mol. The lowest BCUT2D eigenvalue weighted by atomic mass is 9.99. The Morgan fingerprint density at radius 1 is 1.55 bits per heavy atom. The second-order valence-electron chi connectivity index (χ2n) is 3.56. The molecule has 1 N–H and O–H groups in total. The highest BCUT2D eigenvalue weighted by molar-refractivity contribution is 5.85. The first-order valence-electron chi connectivity index (χ1n) is 4.03. The lowest BCUT2D eigenvalue weighted by Gasteiger charge is -2.26. The zero-order valence-corrected chi connectivity index (χ0v) is 7.48. The molecule has 0 saturated carbocycles.